The van der Waals surface area contributed by atoms with Crippen LogP contribution in [0.2, 0.25) is 0 Å². The van der Waals surface area contributed by atoms with Crippen LogP contribution in [0.1, 0.15) is 63.7 Å². The van der Waals surface area contributed by atoms with E-state index in [1.807, 2.05) is 0 Å². The van der Waals surface area contributed by atoms with E-state index in [1.54, 1.807) is 13.8 Å². The Bertz CT molecular complexity index is 960. The molecule has 1 aliphatic rings. The summed E-state index contributed by atoms with van der Waals surface area (Å²) < 4.78 is 6.55. The molecule has 28 heavy (non-hydrogen) atoms. The standard InChI is InChI=1S/C18H22N4O5S/c1-9(2)27-18(24)13-11-7-5-6-8-12(11)28-17(13)19-16(23)15-14(22(25)26)10(3)20-21(15)4/h9H,5-8H2,1-4H3,(H,19,23). The molecule has 0 aromatic carbocycles. The predicted octanol–water partition coefficient (Wildman–Crippen LogP) is 3.39. The molecule has 0 saturated carbocycles. The number of ether oxygens (including phenoxy) is 1. The van der Waals surface area contributed by atoms with Gasteiger partial charge in [0.15, 0.2) is 0 Å². The van der Waals surface area contributed by atoms with Gasteiger partial charge in [0.1, 0.15) is 10.7 Å². The average Bonchev–Trinajstić information content (AvgIpc) is 3.10. The first-order chi connectivity index (χ1) is 13.2. The van der Waals surface area contributed by atoms with Gasteiger partial charge in [-0.05, 0) is 52.0 Å². The summed E-state index contributed by atoms with van der Waals surface area (Å²) in [5.74, 6) is -1.16. The highest BCUT2D eigenvalue weighted by Crippen LogP contribution is 2.39. The molecule has 0 aliphatic heterocycles. The molecule has 0 saturated heterocycles. The molecule has 0 unspecified atom stereocenters. The highest BCUT2D eigenvalue weighted by atomic mass is 32.1. The van der Waals surface area contributed by atoms with Crippen molar-refractivity contribution >= 4 is 33.9 Å². The Morgan fingerprint density at radius 1 is 1.32 bits per heavy atom. The van der Waals surface area contributed by atoms with Gasteiger partial charge in [0, 0.05) is 11.9 Å². The van der Waals surface area contributed by atoms with Crippen LogP contribution < -0.4 is 5.32 Å². The molecule has 0 atom stereocenters. The molecule has 1 N–H and O–H groups in total. The Hall–Kier alpha value is -2.75. The zero-order valence-electron chi connectivity index (χ0n) is 16.2. The summed E-state index contributed by atoms with van der Waals surface area (Å²) in [6, 6.07) is 0. The lowest BCUT2D eigenvalue weighted by Gasteiger charge is -2.14. The van der Waals surface area contributed by atoms with Crippen molar-refractivity contribution in [1.29, 1.82) is 0 Å². The minimum atomic E-state index is -0.674. The lowest BCUT2D eigenvalue weighted by molar-refractivity contribution is -0.385. The number of aromatic nitrogens is 2. The summed E-state index contributed by atoms with van der Waals surface area (Å²) in [4.78, 5) is 37.3. The minimum absolute atomic E-state index is 0.155. The number of nitrogens with zero attached hydrogens (tertiary/aromatic N) is 3. The van der Waals surface area contributed by atoms with E-state index in [0.29, 0.717) is 10.6 Å². The van der Waals surface area contributed by atoms with Crippen molar-refractivity contribution in [3.8, 4) is 0 Å². The highest BCUT2D eigenvalue weighted by Gasteiger charge is 2.32. The number of aryl methyl sites for hydroxylation is 3. The second kappa shape index (κ2) is 7.70. The predicted molar refractivity (Wildman–Crippen MR) is 104 cm³/mol. The van der Waals surface area contributed by atoms with Gasteiger partial charge in [-0.3, -0.25) is 19.6 Å². The van der Waals surface area contributed by atoms with Crippen LogP contribution in [0.25, 0.3) is 0 Å². The fourth-order valence-electron chi connectivity index (χ4n) is 3.43. The molecule has 150 valence electrons. The highest BCUT2D eigenvalue weighted by molar-refractivity contribution is 7.17. The number of rotatable bonds is 5. The van der Waals surface area contributed by atoms with Gasteiger partial charge < -0.3 is 10.1 Å². The first kappa shape index (κ1) is 20.0. The number of amides is 1. The molecule has 2 heterocycles. The molecule has 0 radical (unpaired) electrons. The summed E-state index contributed by atoms with van der Waals surface area (Å²) >= 11 is 1.33. The van der Waals surface area contributed by atoms with Gasteiger partial charge in [-0.25, -0.2) is 4.79 Å². The Kier molecular flexibility index (Phi) is 5.50. The molecule has 3 rings (SSSR count). The van der Waals surface area contributed by atoms with Gasteiger partial charge in [-0.15, -0.1) is 11.3 Å². The van der Waals surface area contributed by atoms with Gasteiger partial charge in [0.2, 0.25) is 5.69 Å². The van der Waals surface area contributed by atoms with E-state index in [4.69, 9.17) is 4.74 Å². The van der Waals surface area contributed by atoms with E-state index in [2.05, 4.69) is 10.4 Å². The van der Waals surface area contributed by atoms with E-state index in [-0.39, 0.29) is 23.2 Å². The van der Waals surface area contributed by atoms with Crippen LogP contribution in [-0.2, 0) is 24.6 Å². The average molecular weight is 406 g/mol. The van der Waals surface area contributed by atoms with E-state index >= 15 is 0 Å². The van der Waals surface area contributed by atoms with E-state index < -0.39 is 16.8 Å². The third kappa shape index (κ3) is 3.64. The lowest BCUT2D eigenvalue weighted by Crippen LogP contribution is -2.20. The molecule has 0 spiro atoms. The Labute approximate surface area is 165 Å². The van der Waals surface area contributed by atoms with E-state index in [9.17, 15) is 19.7 Å². The molecule has 2 aromatic rings. The van der Waals surface area contributed by atoms with Crippen molar-refractivity contribution in [1.82, 2.24) is 9.78 Å². The van der Waals surface area contributed by atoms with Gasteiger partial charge in [-0.2, -0.15) is 5.10 Å². The zero-order valence-corrected chi connectivity index (χ0v) is 17.0. The van der Waals surface area contributed by atoms with E-state index in [1.165, 1.54) is 30.0 Å². The normalized spacial score (nSPS) is 13.3. The number of carbonyl (C=O) groups is 2. The van der Waals surface area contributed by atoms with Crippen molar-refractivity contribution < 1.29 is 19.2 Å². The molecule has 0 fully saturated rings. The number of esters is 1. The van der Waals surface area contributed by atoms with Crippen LogP contribution in [0.15, 0.2) is 0 Å². The first-order valence-corrected chi connectivity index (χ1v) is 9.87. The summed E-state index contributed by atoms with van der Waals surface area (Å²) in [5.41, 5.74) is 0.934. The second-order valence-corrected chi connectivity index (χ2v) is 8.09. The molecule has 1 amide bonds. The number of fused-ring (bicyclic) bond motifs is 1. The lowest BCUT2D eigenvalue weighted by atomic mass is 9.95. The fourth-order valence-corrected chi connectivity index (χ4v) is 4.70. The van der Waals surface area contributed by atoms with Crippen LogP contribution in [0, 0.1) is 17.0 Å². The SMILES string of the molecule is Cc1nn(C)c(C(=O)Nc2sc3c(c2C(=O)OC(C)C)CCCC3)c1[N+](=O)[O-]. The zero-order chi connectivity index (χ0) is 20.6. The molecular formula is C18H22N4O5S. The smallest absolute Gasteiger partial charge is 0.341 e. The van der Waals surface area contributed by atoms with Crippen molar-refractivity contribution in [2.24, 2.45) is 7.05 Å². The van der Waals surface area contributed by atoms with Gasteiger partial charge in [-0.1, -0.05) is 0 Å². The molecule has 10 heteroatoms. The molecule has 1 aliphatic carbocycles. The fraction of sp³-hybridized carbons (Fsp3) is 0.500. The number of nitro groups is 1. The number of hydrogen-bond acceptors (Lipinski definition) is 7. The summed E-state index contributed by atoms with van der Waals surface area (Å²) in [6.45, 7) is 5.00. The topological polar surface area (TPSA) is 116 Å². The largest absolute Gasteiger partial charge is 0.459 e. The Morgan fingerprint density at radius 3 is 2.64 bits per heavy atom. The number of carbonyl (C=O) groups excluding carboxylic acids is 2. The summed E-state index contributed by atoms with van der Waals surface area (Å²) in [5, 5.41) is 18.4. The number of anilines is 1. The molecule has 0 bridgehead atoms. The third-order valence-electron chi connectivity index (χ3n) is 4.53. The Balaban J connectivity index is 2.01. The number of hydrogen-bond donors (Lipinski definition) is 1. The number of nitrogens with one attached hydrogen (secondary N) is 1. The third-order valence-corrected chi connectivity index (χ3v) is 5.74. The maximum absolute atomic E-state index is 12.9. The van der Waals surface area contributed by atoms with Crippen molar-refractivity contribution in [3.05, 3.63) is 37.5 Å². The van der Waals surface area contributed by atoms with Crippen LogP contribution in [-0.4, -0.2) is 32.7 Å². The van der Waals surface area contributed by atoms with Crippen molar-refractivity contribution in [3.63, 3.8) is 0 Å². The molecule has 2 aromatic heterocycles. The number of thiophene rings is 1. The van der Waals surface area contributed by atoms with Gasteiger partial charge in [0.25, 0.3) is 5.91 Å². The monoisotopic (exact) mass is 406 g/mol. The van der Waals surface area contributed by atoms with Crippen LogP contribution in [0.4, 0.5) is 10.7 Å². The van der Waals surface area contributed by atoms with Crippen molar-refractivity contribution in [2.75, 3.05) is 5.32 Å². The summed E-state index contributed by atoms with van der Waals surface area (Å²) in [6.07, 6.45) is 3.27. The molecular weight excluding hydrogens is 384 g/mol. The minimum Gasteiger partial charge on any atom is -0.459 e. The first-order valence-electron chi connectivity index (χ1n) is 9.05. The van der Waals surface area contributed by atoms with Gasteiger partial charge >= 0.3 is 11.7 Å². The van der Waals surface area contributed by atoms with Crippen LogP contribution in [0.5, 0.6) is 0 Å². The Morgan fingerprint density at radius 2 is 2.00 bits per heavy atom. The van der Waals surface area contributed by atoms with Gasteiger partial charge in [0.05, 0.1) is 16.6 Å². The van der Waals surface area contributed by atoms with Crippen molar-refractivity contribution in [2.45, 2.75) is 52.6 Å². The van der Waals surface area contributed by atoms with Crippen LogP contribution in [0.3, 0.4) is 0 Å². The second-order valence-electron chi connectivity index (χ2n) is 6.99. The summed E-state index contributed by atoms with van der Waals surface area (Å²) in [7, 11) is 1.47. The maximum Gasteiger partial charge on any atom is 0.341 e. The quantitative estimate of drug-likeness (QED) is 0.462. The molecule has 9 nitrogen and oxygen atoms in total. The van der Waals surface area contributed by atoms with Crippen LogP contribution >= 0.6 is 11.3 Å². The van der Waals surface area contributed by atoms with E-state index in [0.717, 1.165) is 36.1 Å². The maximum atomic E-state index is 12.9.